The predicted molar refractivity (Wildman–Crippen MR) is 109 cm³/mol. The standard InChI is InChI=1S/C11H11Cl2N.C8H9NO2.ClH/c12-9-2-1-7(3-10(9)13)11-4-8(11)5-14-6-11;1-6(10)9-7-2-4-8(11)5-3-7;/h1-3,8,14H,4-6H2;2-5,11H,1H3,(H,9,10);1H/t8-,11+;;/m1../s1. The molecule has 1 heterocycles. The van der Waals surface area contributed by atoms with Crippen LogP contribution in [0.5, 0.6) is 5.75 Å². The van der Waals surface area contributed by atoms with Gasteiger partial charge in [-0.25, -0.2) is 0 Å². The van der Waals surface area contributed by atoms with Crippen molar-refractivity contribution in [2.75, 3.05) is 18.4 Å². The van der Waals surface area contributed by atoms with Crippen LogP contribution in [0.3, 0.4) is 0 Å². The second kappa shape index (κ2) is 8.49. The highest BCUT2D eigenvalue weighted by Gasteiger charge is 2.57. The van der Waals surface area contributed by atoms with Gasteiger partial charge >= 0.3 is 0 Å². The van der Waals surface area contributed by atoms with Gasteiger partial charge in [0.05, 0.1) is 10.0 Å². The van der Waals surface area contributed by atoms with Crippen LogP contribution in [0.15, 0.2) is 42.5 Å². The number of rotatable bonds is 2. The van der Waals surface area contributed by atoms with E-state index in [1.807, 2.05) is 12.1 Å². The van der Waals surface area contributed by atoms with E-state index in [1.54, 1.807) is 12.1 Å². The Morgan fingerprint density at radius 3 is 2.38 bits per heavy atom. The average molecular weight is 416 g/mol. The molecule has 1 saturated heterocycles. The normalized spacial score (nSPS) is 22.3. The molecule has 1 aliphatic heterocycles. The molecule has 4 nitrogen and oxygen atoms in total. The van der Waals surface area contributed by atoms with E-state index in [0.29, 0.717) is 21.1 Å². The number of phenols is 1. The molecule has 2 aromatic rings. The van der Waals surface area contributed by atoms with Crippen LogP contribution in [0.2, 0.25) is 10.0 Å². The zero-order chi connectivity index (χ0) is 18.0. The number of piperidine rings is 1. The number of nitrogens with one attached hydrogen (secondary N) is 2. The van der Waals surface area contributed by atoms with Gasteiger partial charge in [0, 0.05) is 24.6 Å². The summed E-state index contributed by atoms with van der Waals surface area (Å²) >= 11 is 11.9. The number of carbonyl (C=O) groups is 1. The van der Waals surface area contributed by atoms with Gasteiger partial charge in [-0.2, -0.15) is 0 Å². The fraction of sp³-hybridized carbons (Fsp3) is 0.316. The minimum Gasteiger partial charge on any atom is -0.508 e. The van der Waals surface area contributed by atoms with Gasteiger partial charge in [0.15, 0.2) is 0 Å². The topological polar surface area (TPSA) is 61.4 Å². The lowest BCUT2D eigenvalue weighted by molar-refractivity contribution is -0.114. The van der Waals surface area contributed by atoms with E-state index >= 15 is 0 Å². The summed E-state index contributed by atoms with van der Waals surface area (Å²) in [6.45, 7) is 3.68. The van der Waals surface area contributed by atoms with Gasteiger partial charge in [-0.05, 0) is 60.8 Å². The average Bonchev–Trinajstić information content (AvgIpc) is 3.14. The predicted octanol–water partition coefficient (Wildman–Crippen LogP) is 4.63. The van der Waals surface area contributed by atoms with Crippen LogP contribution in [-0.4, -0.2) is 24.1 Å². The maximum atomic E-state index is 10.5. The molecule has 2 fully saturated rings. The molecule has 0 radical (unpaired) electrons. The van der Waals surface area contributed by atoms with Crippen molar-refractivity contribution < 1.29 is 9.90 Å². The molecule has 140 valence electrons. The molecule has 0 spiro atoms. The number of amides is 1. The van der Waals surface area contributed by atoms with Crippen molar-refractivity contribution in [3.8, 4) is 5.75 Å². The van der Waals surface area contributed by atoms with Crippen LogP contribution in [0.25, 0.3) is 0 Å². The minimum atomic E-state index is -0.115. The van der Waals surface area contributed by atoms with Crippen molar-refractivity contribution in [2.24, 2.45) is 5.92 Å². The molecular weight excluding hydrogens is 395 g/mol. The molecule has 2 atom stereocenters. The Bertz CT molecular complexity index is 783. The molecule has 0 aromatic heterocycles. The van der Waals surface area contributed by atoms with Crippen molar-refractivity contribution in [2.45, 2.75) is 18.8 Å². The number of benzene rings is 2. The molecule has 26 heavy (non-hydrogen) atoms. The minimum absolute atomic E-state index is 0. The Morgan fingerprint density at radius 2 is 1.88 bits per heavy atom. The van der Waals surface area contributed by atoms with Gasteiger partial charge in [0.1, 0.15) is 5.75 Å². The zero-order valence-electron chi connectivity index (χ0n) is 14.3. The highest BCUT2D eigenvalue weighted by atomic mass is 35.5. The zero-order valence-corrected chi connectivity index (χ0v) is 16.6. The van der Waals surface area contributed by atoms with E-state index < -0.39 is 0 Å². The van der Waals surface area contributed by atoms with Crippen LogP contribution in [0.4, 0.5) is 5.69 Å². The first-order valence-corrected chi connectivity index (χ1v) is 8.89. The van der Waals surface area contributed by atoms with Crippen molar-refractivity contribution in [3.63, 3.8) is 0 Å². The molecule has 0 unspecified atom stereocenters. The smallest absolute Gasteiger partial charge is 0.221 e. The Kier molecular flexibility index (Phi) is 6.80. The molecule has 2 aromatic carbocycles. The Morgan fingerprint density at radius 1 is 1.19 bits per heavy atom. The first-order chi connectivity index (χ1) is 11.9. The summed E-state index contributed by atoms with van der Waals surface area (Å²) in [4.78, 5) is 10.5. The van der Waals surface area contributed by atoms with Gasteiger partial charge in [-0.15, -0.1) is 12.4 Å². The maximum absolute atomic E-state index is 10.5. The Balaban J connectivity index is 0.000000186. The quantitative estimate of drug-likeness (QED) is 0.627. The third-order valence-corrected chi connectivity index (χ3v) is 5.48. The van der Waals surface area contributed by atoms with Crippen LogP contribution in [-0.2, 0) is 10.2 Å². The lowest BCUT2D eigenvalue weighted by Crippen LogP contribution is -2.19. The van der Waals surface area contributed by atoms with Crippen molar-refractivity contribution in [1.29, 1.82) is 0 Å². The second-order valence-corrected chi connectivity index (χ2v) is 7.36. The molecule has 1 aliphatic carbocycles. The van der Waals surface area contributed by atoms with Gasteiger partial charge < -0.3 is 15.7 Å². The van der Waals surface area contributed by atoms with Crippen molar-refractivity contribution in [3.05, 3.63) is 58.1 Å². The summed E-state index contributed by atoms with van der Waals surface area (Å²) in [6.07, 6.45) is 1.30. The number of aromatic hydroxyl groups is 1. The lowest BCUT2D eigenvalue weighted by Gasteiger charge is -2.12. The lowest BCUT2D eigenvalue weighted by atomic mass is 9.95. The van der Waals surface area contributed by atoms with Crippen LogP contribution < -0.4 is 10.6 Å². The number of phenolic OH excluding ortho intramolecular Hbond substituents is 1. The third-order valence-electron chi connectivity index (χ3n) is 4.75. The fourth-order valence-corrected chi connectivity index (χ4v) is 3.64. The van der Waals surface area contributed by atoms with Gasteiger partial charge in [0.25, 0.3) is 0 Å². The van der Waals surface area contributed by atoms with E-state index in [2.05, 4.69) is 16.7 Å². The first-order valence-electron chi connectivity index (χ1n) is 8.13. The molecule has 7 heteroatoms. The van der Waals surface area contributed by atoms with E-state index in [0.717, 1.165) is 19.0 Å². The number of carbonyl (C=O) groups excluding carboxylic acids is 1. The van der Waals surface area contributed by atoms with Gasteiger partial charge in [-0.1, -0.05) is 29.3 Å². The molecule has 1 saturated carbocycles. The highest BCUT2D eigenvalue weighted by Crippen LogP contribution is 2.56. The second-order valence-electron chi connectivity index (χ2n) is 6.55. The summed E-state index contributed by atoms with van der Waals surface area (Å²) in [6, 6.07) is 12.4. The molecule has 3 N–H and O–H groups in total. The fourth-order valence-electron chi connectivity index (χ4n) is 3.34. The monoisotopic (exact) mass is 414 g/mol. The van der Waals surface area contributed by atoms with E-state index in [9.17, 15) is 4.79 Å². The third kappa shape index (κ3) is 4.63. The van der Waals surface area contributed by atoms with Gasteiger partial charge in [0.2, 0.25) is 5.91 Å². The number of hydrogen-bond donors (Lipinski definition) is 3. The maximum Gasteiger partial charge on any atom is 0.221 e. The molecule has 4 rings (SSSR count). The van der Waals surface area contributed by atoms with E-state index in [4.69, 9.17) is 28.3 Å². The molecule has 0 bridgehead atoms. The Labute approximate surface area is 169 Å². The van der Waals surface area contributed by atoms with Crippen molar-refractivity contribution >= 4 is 47.2 Å². The largest absolute Gasteiger partial charge is 0.508 e. The number of halogens is 3. The number of hydrogen-bond acceptors (Lipinski definition) is 3. The van der Waals surface area contributed by atoms with Crippen LogP contribution in [0, 0.1) is 5.92 Å². The van der Waals surface area contributed by atoms with Crippen molar-refractivity contribution in [1.82, 2.24) is 5.32 Å². The summed E-state index contributed by atoms with van der Waals surface area (Å²) in [5.41, 5.74) is 2.42. The molecular formula is C19H21Cl3N2O2. The summed E-state index contributed by atoms with van der Waals surface area (Å²) in [5, 5.41) is 16.2. The van der Waals surface area contributed by atoms with Crippen LogP contribution in [0.1, 0.15) is 18.9 Å². The van der Waals surface area contributed by atoms with Crippen LogP contribution >= 0.6 is 35.6 Å². The summed E-state index contributed by atoms with van der Waals surface area (Å²) < 4.78 is 0. The Hall–Kier alpha value is -1.46. The molecule has 1 amide bonds. The summed E-state index contributed by atoms with van der Waals surface area (Å²) in [7, 11) is 0. The first kappa shape index (κ1) is 20.8. The van der Waals surface area contributed by atoms with Gasteiger partial charge in [-0.3, -0.25) is 4.79 Å². The highest BCUT2D eigenvalue weighted by molar-refractivity contribution is 6.42. The summed E-state index contributed by atoms with van der Waals surface area (Å²) in [5.74, 6) is 0.898. The van der Waals surface area contributed by atoms with E-state index in [1.165, 1.54) is 31.0 Å². The SMILES string of the molecule is CC(=O)Nc1ccc(O)cc1.Cl.Clc1ccc([C@]23CNC[C@H]2C3)cc1Cl. The van der Waals surface area contributed by atoms with E-state index in [-0.39, 0.29) is 24.1 Å². The number of anilines is 1. The number of fused-ring (bicyclic) bond motifs is 1. The molecule has 2 aliphatic rings.